The summed E-state index contributed by atoms with van der Waals surface area (Å²) in [6.07, 6.45) is 3.59. The second-order valence-electron chi connectivity index (χ2n) is 6.96. The number of nitrogens with zero attached hydrogens (tertiary/aromatic N) is 1. The predicted octanol–water partition coefficient (Wildman–Crippen LogP) is 3.32. The van der Waals surface area contributed by atoms with Crippen LogP contribution in [0, 0.1) is 5.92 Å². The molecule has 1 aromatic heterocycles. The number of esters is 1. The van der Waals surface area contributed by atoms with Crippen molar-refractivity contribution in [2.75, 3.05) is 0 Å². The van der Waals surface area contributed by atoms with Gasteiger partial charge in [-0.15, -0.1) is 0 Å². The first kappa shape index (κ1) is 18.2. The molecule has 1 aliphatic rings. The van der Waals surface area contributed by atoms with Crippen molar-refractivity contribution in [2.45, 2.75) is 51.7 Å². The van der Waals surface area contributed by atoms with Gasteiger partial charge in [0.15, 0.2) is 6.10 Å². The smallest absolute Gasteiger partial charge is 0.357 e. The highest BCUT2D eigenvalue weighted by atomic mass is 16.5. The van der Waals surface area contributed by atoms with Crippen LogP contribution in [0.4, 0.5) is 0 Å². The molecule has 3 atom stereocenters. The molecule has 138 valence electrons. The number of nitrogens with one attached hydrogen (secondary N) is 2. The van der Waals surface area contributed by atoms with Gasteiger partial charge in [-0.3, -0.25) is 9.89 Å². The predicted molar refractivity (Wildman–Crippen MR) is 98.5 cm³/mol. The largest absolute Gasteiger partial charge is 0.448 e. The van der Waals surface area contributed by atoms with Crippen LogP contribution in [0.3, 0.4) is 0 Å². The van der Waals surface area contributed by atoms with Crippen LogP contribution in [0.1, 0.15) is 50.0 Å². The lowest BCUT2D eigenvalue weighted by atomic mass is 9.86. The molecule has 6 heteroatoms. The normalized spacial score (nSPS) is 21.0. The average Bonchev–Trinajstić information content (AvgIpc) is 3.14. The van der Waals surface area contributed by atoms with Crippen LogP contribution in [-0.4, -0.2) is 34.2 Å². The molecule has 1 amide bonds. The molecule has 0 bridgehead atoms. The number of rotatable bonds is 5. The van der Waals surface area contributed by atoms with Crippen LogP contribution in [0.5, 0.6) is 0 Å². The van der Waals surface area contributed by atoms with E-state index in [1.807, 2.05) is 30.3 Å². The summed E-state index contributed by atoms with van der Waals surface area (Å²) in [4.78, 5) is 24.6. The zero-order chi connectivity index (χ0) is 18.5. The SMILES string of the molecule is C[C@@H]1CCCC[C@@H]1NC(=O)[C@@H](C)OC(=O)c1cc(-c2ccccc2)n[nH]1. The van der Waals surface area contributed by atoms with Gasteiger partial charge in [0.1, 0.15) is 5.69 Å². The molecule has 1 saturated carbocycles. The number of amides is 1. The van der Waals surface area contributed by atoms with Gasteiger partial charge in [-0.25, -0.2) is 4.79 Å². The van der Waals surface area contributed by atoms with Crippen LogP contribution in [0.25, 0.3) is 11.3 Å². The summed E-state index contributed by atoms with van der Waals surface area (Å²) in [7, 11) is 0. The molecule has 2 N–H and O–H groups in total. The second-order valence-corrected chi connectivity index (χ2v) is 6.96. The van der Waals surface area contributed by atoms with Gasteiger partial charge >= 0.3 is 5.97 Å². The monoisotopic (exact) mass is 355 g/mol. The van der Waals surface area contributed by atoms with E-state index in [0.29, 0.717) is 11.6 Å². The Hall–Kier alpha value is -2.63. The summed E-state index contributed by atoms with van der Waals surface area (Å²) in [6, 6.07) is 11.3. The van der Waals surface area contributed by atoms with Crippen LogP contribution in [0.15, 0.2) is 36.4 Å². The Balaban J connectivity index is 1.57. The molecule has 1 fully saturated rings. The first-order valence-electron chi connectivity index (χ1n) is 9.17. The van der Waals surface area contributed by atoms with E-state index in [9.17, 15) is 9.59 Å². The Morgan fingerprint density at radius 1 is 1.23 bits per heavy atom. The van der Waals surface area contributed by atoms with Gasteiger partial charge in [0.05, 0.1) is 5.69 Å². The lowest BCUT2D eigenvalue weighted by Crippen LogP contribution is -2.46. The van der Waals surface area contributed by atoms with Crippen molar-refractivity contribution in [1.29, 1.82) is 0 Å². The Morgan fingerprint density at radius 2 is 1.96 bits per heavy atom. The molecule has 1 aliphatic carbocycles. The van der Waals surface area contributed by atoms with Gasteiger partial charge in [-0.1, -0.05) is 50.1 Å². The van der Waals surface area contributed by atoms with E-state index >= 15 is 0 Å². The number of aromatic nitrogens is 2. The topological polar surface area (TPSA) is 84.1 Å². The second kappa shape index (κ2) is 8.17. The first-order valence-corrected chi connectivity index (χ1v) is 9.17. The molecule has 1 heterocycles. The average molecular weight is 355 g/mol. The first-order chi connectivity index (χ1) is 12.5. The van der Waals surface area contributed by atoms with Crippen LogP contribution < -0.4 is 5.32 Å². The molecule has 6 nitrogen and oxygen atoms in total. The number of hydrogen-bond donors (Lipinski definition) is 2. The Bertz CT molecular complexity index is 757. The number of hydrogen-bond acceptors (Lipinski definition) is 4. The highest BCUT2D eigenvalue weighted by molar-refractivity contribution is 5.91. The maximum absolute atomic E-state index is 12.3. The maximum Gasteiger partial charge on any atom is 0.357 e. The minimum absolute atomic E-state index is 0.161. The fraction of sp³-hybridized carbons (Fsp3) is 0.450. The number of benzene rings is 1. The number of carbonyl (C=O) groups excluding carboxylic acids is 2. The third-order valence-corrected chi connectivity index (χ3v) is 4.96. The molecule has 0 saturated heterocycles. The third kappa shape index (κ3) is 4.31. The minimum atomic E-state index is -0.847. The molecule has 0 unspecified atom stereocenters. The Kier molecular flexibility index (Phi) is 5.71. The van der Waals surface area contributed by atoms with Crippen LogP contribution >= 0.6 is 0 Å². The van der Waals surface area contributed by atoms with E-state index in [4.69, 9.17) is 4.74 Å². The maximum atomic E-state index is 12.3. The molecule has 26 heavy (non-hydrogen) atoms. The van der Waals surface area contributed by atoms with E-state index in [-0.39, 0.29) is 17.6 Å². The van der Waals surface area contributed by atoms with Crippen molar-refractivity contribution in [1.82, 2.24) is 15.5 Å². The van der Waals surface area contributed by atoms with Crippen molar-refractivity contribution in [3.05, 3.63) is 42.1 Å². The number of carbonyl (C=O) groups is 2. The van der Waals surface area contributed by atoms with Gasteiger partial charge in [0.25, 0.3) is 5.91 Å². The number of ether oxygens (including phenoxy) is 1. The number of H-pyrrole nitrogens is 1. The summed E-state index contributed by atoms with van der Waals surface area (Å²) >= 11 is 0. The standard InChI is InChI=1S/C20H25N3O3/c1-13-8-6-7-11-16(13)21-19(24)14(2)26-20(25)18-12-17(22-23-18)15-9-4-3-5-10-15/h3-5,9-10,12-14,16H,6-8,11H2,1-2H3,(H,21,24)(H,22,23)/t13-,14-,16+/m1/s1. The van der Waals surface area contributed by atoms with Gasteiger partial charge in [0.2, 0.25) is 0 Å². The lowest BCUT2D eigenvalue weighted by Gasteiger charge is -2.30. The molecule has 2 aromatic rings. The van der Waals surface area contributed by atoms with Crippen molar-refractivity contribution >= 4 is 11.9 Å². The zero-order valence-electron chi connectivity index (χ0n) is 15.2. The van der Waals surface area contributed by atoms with E-state index in [2.05, 4.69) is 22.4 Å². The van der Waals surface area contributed by atoms with Gasteiger partial charge in [-0.2, -0.15) is 5.10 Å². The van der Waals surface area contributed by atoms with Gasteiger partial charge in [0, 0.05) is 11.6 Å². The number of aromatic amines is 1. The van der Waals surface area contributed by atoms with Crippen LogP contribution in [-0.2, 0) is 9.53 Å². The summed E-state index contributed by atoms with van der Waals surface area (Å²) in [5.41, 5.74) is 1.79. The molecular formula is C20H25N3O3. The lowest BCUT2D eigenvalue weighted by molar-refractivity contribution is -0.130. The summed E-state index contributed by atoms with van der Waals surface area (Å²) in [6.45, 7) is 3.74. The Morgan fingerprint density at radius 3 is 2.69 bits per heavy atom. The van der Waals surface area contributed by atoms with Crippen molar-refractivity contribution in [2.24, 2.45) is 5.92 Å². The van der Waals surface area contributed by atoms with E-state index < -0.39 is 12.1 Å². The van der Waals surface area contributed by atoms with Crippen molar-refractivity contribution in [3.8, 4) is 11.3 Å². The molecular weight excluding hydrogens is 330 g/mol. The molecule has 0 radical (unpaired) electrons. The van der Waals surface area contributed by atoms with Crippen molar-refractivity contribution in [3.63, 3.8) is 0 Å². The highest BCUT2D eigenvalue weighted by Crippen LogP contribution is 2.24. The van der Waals surface area contributed by atoms with E-state index in [1.165, 1.54) is 6.42 Å². The molecule has 0 aliphatic heterocycles. The fourth-order valence-electron chi connectivity index (χ4n) is 3.29. The summed E-state index contributed by atoms with van der Waals surface area (Å²) in [5.74, 6) is -0.379. The summed E-state index contributed by atoms with van der Waals surface area (Å²) in [5, 5.41) is 9.83. The van der Waals surface area contributed by atoms with Gasteiger partial charge in [-0.05, 0) is 31.7 Å². The third-order valence-electron chi connectivity index (χ3n) is 4.96. The molecule has 1 aromatic carbocycles. The van der Waals surface area contributed by atoms with Crippen molar-refractivity contribution < 1.29 is 14.3 Å². The van der Waals surface area contributed by atoms with E-state index in [0.717, 1.165) is 24.8 Å². The molecule has 0 spiro atoms. The molecule has 3 rings (SSSR count). The minimum Gasteiger partial charge on any atom is -0.448 e. The van der Waals surface area contributed by atoms with Crippen LogP contribution in [0.2, 0.25) is 0 Å². The van der Waals surface area contributed by atoms with Gasteiger partial charge < -0.3 is 10.1 Å². The zero-order valence-corrected chi connectivity index (χ0v) is 15.2. The fourth-order valence-corrected chi connectivity index (χ4v) is 3.29. The highest BCUT2D eigenvalue weighted by Gasteiger charge is 2.27. The quantitative estimate of drug-likeness (QED) is 0.806. The Labute approximate surface area is 153 Å². The summed E-state index contributed by atoms with van der Waals surface area (Å²) < 4.78 is 5.30. The van der Waals surface area contributed by atoms with E-state index in [1.54, 1.807) is 13.0 Å².